The molecule has 2 heterocycles. The second-order valence-corrected chi connectivity index (χ2v) is 6.52. The predicted octanol–water partition coefficient (Wildman–Crippen LogP) is 2.12. The molecule has 1 aliphatic rings. The van der Waals surface area contributed by atoms with E-state index in [-0.39, 0.29) is 36.9 Å². The van der Waals surface area contributed by atoms with E-state index in [4.69, 9.17) is 4.74 Å². The molecule has 1 fully saturated rings. The van der Waals surface area contributed by atoms with Crippen molar-refractivity contribution in [1.82, 2.24) is 9.88 Å². The average molecular weight is 344 g/mol. The van der Waals surface area contributed by atoms with E-state index in [1.165, 1.54) is 0 Å². The van der Waals surface area contributed by atoms with Crippen molar-refractivity contribution in [3.63, 3.8) is 0 Å². The zero-order chi connectivity index (χ0) is 18.0. The smallest absolute Gasteiger partial charge is 0.310 e. The zero-order valence-electron chi connectivity index (χ0n) is 14.6. The van der Waals surface area contributed by atoms with Crippen LogP contribution in [0.5, 0.6) is 0 Å². The maximum atomic E-state index is 13.1. The highest BCUT2D eigenvalue weighted by Gasteiger charge is 2.36. The Bertz CT molecular complexity index is 783. The number of esters is 1. The minimum atomic E-state index is -0.352. The van der Waals surface area contributed by atoms with E-state index in [0.29, 0.717) is 24.4 Å². The Morgan fingerprint density at radius 1 is 1.36 bits per heavy atom. The fourth-order valence-corrected chi connectivity index (χ4v) is 3.60. The highest BCUT2D eigenvalue weighted by atomic mass is 16.5. The molecular weight excluding hydrogens is 320 g/mol. The number of aliphatic hydroxyl groups is 1. The first-order chi connectivity index (χ1) is 12.1. The number of fused-ring (bicyclic) bond motifs is 1. The number of aliphatic hydroxyl groups excluding tert-OH is 1. The molecular formula is C19H24N2O4. The number of carbonyl (C=O) groups is 2. The summed E-state index contributed by atoms with van der Waals surface area (Å²) in [4.78, 5) is 30.0. The highest BCUT2D eigenvalue weighted by Crippen LogP contribution is 2.29. The van der Waals surface area contributed by atoms with Crippen molar-refractivity contribution in [2.75, 3.05) is 19.8 Å². The summed E-state index contributed by atoms with van der Waals surface area (Å²) in [5.74, 6) is -0.263. The first kappa shape index (κ1) is 17.5. The fraction of sp³-hybridized carbons (Fsp3) is 0.474. The molecule has 1 saturated heterocycles. The normalized spacial score (nSPS) is 20.2. The van der Waals surface area contributed by atoms with Crippen molar-refractivity contribution in [2.45, 2.75) is 32.7 Å². The molecule has 0 saturated carbocycles. The van der Waals surface area contributed by atoms with Crippen LogP contribution in [0.1, 0.15) is 36.3 Å². The van der Waals surface area contributed by atoms with Gasteiger partial charge in [-0.15, -0.1) is 0 Å². The van der Waals surface area contributed by atoms with Crippen LogP contribution in [0.25, 0.3) is 10.9 Å². The van der Waals surface area contributed by atoms with Gasteiger partial charge in [-0.05, 0) is 25.3 Å². The number of aromatic amines is 1. The SMILES string of the molecule is CCOC(=O)Cc1c(C(=O)N2CC[C@H](C)[C@H]2CO)[nH]c2ccccc12. The predicted molar refractivity (Wildman–Crippen MR) is 94.3 cm³/mol. The van der Waals surface area contributed by atoms with Crippen molar-refractivity contribution in [3.8, 4) is 0 Å². The van der Waals surface area contributed by atoms with Gasteiger partial charge >= 0.3 is 5.97 Å². The summed E-state index contributed by atoms with van der Waals surface area (Å²) < 4.78 is 5.07. The Hall–Kier alpha value is -2.34. The summed E-state index contributed by atoms with van der Waals surface area (Å²) in [7, 11) is 0. The van der Waals surface area contributed by atoms with Gasteiger partial charge in [0.2, 0.25) is 0 Å². The Labute approximate surface area is 146 Å². The van der Waals surface area contributed by atoms with E-state index in [9.17, 15) is 14.7 Å². The van der Waals surface area contributed by atoms with E-state index >= 15 is 0 Å². The number of rotatable bonds is 5. The Morgan fingerprint density at radius 2 is 2.12 bits per heavy atom. The quantitative estimate of drug-likeness (QED) is 0.814. The number of nitrogens with zero attached hydrogens (tertiary/aromatic N) is 1. The van der Waals surface area contributed by atoms with Crippen molar-refractivity contribution < 1.29 is 19.4 Å². The molecule has 1 amide bonds. The van der Waals surface area contributed by atoms with Crippen molar-refractivity contribution in [2.24, 2.45) is 5.92 Å². The van der Waals surface area contributed by atoms with Gasteiger partial charge in [0, 0.05) is 23.0 Å². The second kappa shape index (κ2) is 7.27. The van der Waals surface area contributed by atoms with Crippen LogP contribution in [0.3, 0.4) is 0 Å². The summed E-state index contributed by atoms with van der Waals surface area (Å²) in [6.07, 6.45) is 0.913. The van der Waals surface area contributed by atoms with Crippen LogP contribution in [-0.2, 0) is 16.0 Å². The Balaban J connectivity index is 2.00. The lowest BCUT2D eigenvalue weighted by Crippen LogP contribution is -2.40. The molecule has 0 unspecified atom stereocenters. The summed E-state index contributed by atoms with van der Waals surface area (Å²) in [6.45, 7) is 4.66. The molecule has 2 N–H and O–H groups in total. The molecule has 1 aromatic heterocycles. The van der Waals surface area contributed by atoms with Gasteiger partial charge in [-0.3, -0.25) is 9.59 Å². The number of ether oxygens (including phenoxy) is 1. The molecule has 0 aliphatic carbocycles. The van der Waals surface area contributed by atoms with Gasteiger partial charge in [0.1, 0.15) is 5.69 Å². The number of benzene rings is 1. The average Bonchev–Trinajstić information content (AvgIpc) is 3.15. The molecule has 2 aromatic rings. The maximum absolute atomic E-state index is 13.1. The maximum Gasteiger partial charge on any atom is 0.310 e. The third-order valence-corrected chi connectivity index (χ3v) is 4.98. The number of hydrogen-bond acceptors (Lipinski definition) is 4. The summed E-state index contributed by atoms with van der Waals surface area (Å²) in [6, 6.07) is 7.36. The Morgan fingerprint density at radius 3 is 2.84 bits per heavy atom. The molecule has 0 spiro atoms. The third kappa shape index (κ3) is 3.26. The number of nitrogens with one attached hydrogen (secondary N) is 1. The molecule has 1 aliphatic heterocycles. The summed E-state index contributed by atoms with van der Waals surface area (Å²) >= 11 is 0. The molecule has 3 rings (SSSR count). The second-order valence-electron chi connectivity index (χ2n) is 6.52. The van der Waals surface area contributed by atoms with Gasteiger partial charge in [-0.25, -0.2) is 0 Å². The topological polar surface area (TPSA) is 82.6 Å². The number of likely N-dealkylation sites (tertiary alicyclic amines) is 1. The minimum Gasteiger partial charge on any atom is -0.466 e. The van der Waals surface area contributed by atoms with E-state index in [0.717, 1.165) is 17.3 Å². The zero-order valence-corrected chi connectivity index (χ0v) is 14.6. The van der Waals surface area contributed by atoms with Crippen LogP contribution in [-0.4, -0.2) is 52.7 Å². The van der Waals surface area contributed by atoms with Gasteiger partial charge < -0.3 is 19.7 Å². The van der Waals surface area contributed by atoms with Crippen LogP contribution >= 0.6 is 0 Å². The molecule has 6 heteroatoms. The lowest BCUT2D eigenvalue weighted by molar-refractivity contribution is -0.142. The highest BCUT2D eigenvalue weighted by molar-refractivity contribution is 6.02. The molecule has 25 heavy (non-hydrogen) atoms. The van der Waals surface area contributed by atoms with Crippen LogP contribution in [0.4, 0.5) is 0 Å². The van der Waals surface area contributed by atoms with E-state index < -0.39 is 0 Å². The largest absolute Gasteiger partial charge is 0.466 e. The fourth-order valence-electron chi connectivity index (χ4n) is 3.60. The van der Waals surface area contributed by atoms with Gasteiger partial charge in [0.25, 0.3) is 5.91 Å². The molecule has 0 radical (unpaired) electrons. The van der Waals surface area contributed by atoms with Crippen molar-refractivity contribution >= 4 is 22.8 Å². The summed E-state index contributed by atoms with van der Waals surface area (Å²) in [5, 5.41) is 10.5. The van der Waals surface area contributed by atoms with Gasteiger partial charge in [-0.1, -0.05) is 25.1 Å². The first-order valence-electron chi connectivity index (χ1n) is 8.73. The number of para-hydroxylation sites is 1. The number of carbonyl (C=O) groups excluding carboxylic acids is 2. The molecule has 0 bridgehead atoms. The number of aromatic nitrogens is 1. The molecule has 6 nitrogen and oxygen atoms in total. The van der Waals surface area contributed by atoms with E-state index in [2.05, 4.69) is 4.98 Å². The molecule has 1 aromatic carbocycles. The molecule has 2 atom stereocenters. The minimum absolute atomic E-state index is 0.0477. The van der Waals surface area contributed by atoms with Crippen LogP contribution < -0.4 is 0 Å². The van der Waals surface area contributed by atoms with Crippen molar-refractivity contribution in [1.29, 1.82) is 0 Å². The standard InChI is InChI=1S/C19H24N2O4/c1-3-25-17(23)10-14-13-6-4-5-7-15(13)20-18(14)19(24)21-9-8-12(2)16(21)11-22/h4-7,12,16,20,22H,3,8-11H2,1-2H3/t12-,16+/m0/s1. The number of H-pyrrole nitrogens is 1. The van der Waals surface area contributed by atoms with E-state index in [1.54, 1.807) is 11.8 Å². The monoisotopic (exact) mass is 344 g/mol. The molecule has 134 valence electrons. The number of amides is 1. The van der Waals surface area contributed by atoms with Crippen molar-refractivity contribution in [3.05, 3.63) is 35.5 Å². The van der Waals surface area contributed by atoms with Gasteiger partial charge in [-0.2, -0.15) is 0 Å². The van der Waals surface area contributed by atoms with Gasteiger partial charge in [0.15, 0.2) is 0 Å². The first-order valence-corrected chi connectivity index (χ1v) is 8.73. The lowest BCUT2D eigenvalue weighted by atomic mass is 10.0. The Kier molecular flexibility index (Phi) is 5.08. The summed E-state index contributed by atoms with van der Waals surface area (Å²) in [5.41, 5.74) is 1.90. The van der Waals surface area contributed by atoms with Gasteiger partial charge in [0.05, 0.1) is 25.7 Å². The van der Waals surface area contributed by atoms with Crippen LogP contribution in [0.15, 0.2) is 24.3 Å². The number of hydrogen-bond donors (Lipinski definition) is 2. The third-order valence-electron chi connectivity index (χ3n) is 4.98. The van der Waals surface area contributed by atoms with Crippen LogP contribution in [0, 0.1) is 5.92 Å². The lowest BCUT2D eigenvalue weighted by Gasteiger charge is -2.25. The van der Waals surface area contributed by atoms with E-state index in [1.807, 2.05) is 31.2 Å². The van der Waals surface area contributed by atoms with Crippen LogP contribution in [0.2, 0.25) is 0 Å².